The van der Waals surface area contributed by atoms with Gasteiger partial charge in [0.25, 0.3) is 0 Å². The van der Waals surface area contributed by atoms with E-state index in [9.17, 15) is 4.39 Å². The summed E-state index contributed by atoms with van der Waals surface area (Å²) in [6.07, 6.45) is 0. The molecule has 0 saturated carbocycles. The normalized spacial score (nSPS) is 11.8. The van der Waals surface area contributed by atoms with Crippen molar-refractivity contribution in [3.05, 3.63) is 17.9 Å². The van der Waals surface area contributed by atoms with Gasteiger partial charge >= 0.3 is 0 Å². The average molecular weight is 283 g/mol. The standard InChI is InChI=1S/C15H26FN3O/c1-6-20-14-8-13(12(17)7-11(14)16)18-9-15(2,3)10-19(4)5/h7-8,18H,6,9-10,17H2,1-5H3. The number of anilines is 2. The fraction of sp³-hybridized carbons (Fsp3) is 0.600. The highest BCUT2D eigenvalue weighted by atomic mass is 19.1. The summed E-state index contributed by atoms with van der Waals surface area (Å²) in [5.41, 5.74) is 7.03. The van der Waals surface area contributed by atoms with Gasteiger partial charge in [-0.15, -0.1) is 0 Å². The van der Waals surface area contributed by atoms with Crippen LogP contribution in [0.4, 0.5) is 15.8 Å². The Morgan fingerprint density at radius 2 is 2.00 bits per heavy atom. The molecule has 0 atom stereocenters. The number of nitrogens with one attached hydrogen (secondary N) is 1. The summed E-state index contributed by atoms with van der Waals surface area (Å²) in [5.74, 6) is -0.197. The second kappa shape index (κ2) is 6.79. The van der Waals surface area contributed by atoms with E-state index in [-0.39, 0.29) is 11.2 Å². The van der Waals surface area contributed by atoms with Crippen LogP contribution in [0, 0.1) is 11.2 Å². The lowest BCUT2D eigenvalue weighted by atomic mass is 9.93. The van der Waals surface area contributed by atoms with Gasteiger partial charge in [0.15, 0.2) is 11.6 Å². The van der Waals surface area contributed by atoms with Crippen molar-refractivity contribution in [3.63, 3.8) is 0 Å². The number of ether oxygens (including phenoxy) is 1. The van der Waals surface area contributed by atoms with E-state index in [1.54, 1.807) is 6.07 Å². The Morgan fingerprint density at radius 1 is 1.35 bits per heavy atom. The van der Waals surface area contributed by atoms with Gasteiger partial charge in [-0.2, -0.15) is 0 Å². The highest BCUT2D eigenvalue weighted by Gasteiger charge is 2.19. The summed E-state index contributed by atoms with van der Waals surface area (Å²) in [5, 5.41) is 3.29. The van der Waals surface area contributed by atoms with Gasteiger partial charge in [-0.25, -0.2) is 4.39 Å². The SMILES string of the molecule is CCOc1cc(NCC(C)(C)CN(C)C)c(N)cc1F. The topological polar surface area (TPSA) is 50.5 Å². The van der Waals surface area contributed by atoms with E-state index in [4.69, 9.17) is 10.5 Å². The van der Waals surface area contributed by atoms with Crippen molar-refractivity contribution < 1.29 is 9.13 Å². The largest absolute Gasteiger partial charge is 0.491 e. The molecular weight excluding hydrogens is 257 g/mol. The lowest BCUT2D eigenvalue weighted by molar-refractivity contribution is 0.254. The molecule has 3 N–H and O–H groups in total. The van der Waals surface area contributed by atoms with Crippen LogP contribution in [0.1, 0.15) is 20.8 Å². The maximum absolute atomic E-state index is 13.6. The Labute approximate surface area is 121 Å². The van der Waals surface area contributed by atoms with Crippen molar-refractivity contribution in [2.75, 3.05) is 44.8 Å². The minimum atomic E-state index is -0.428. The third-order valence-electron chi connectivity index (χ3n) is 2.91. The van der Waals surface area contributed by atoms with Crippen LogP contribution in [0.5, 0.6) is 5.75 Å². The summed E-state index contributed by atoms with van der Waals surface area (Å²) < 4.78 is 18.9. The zero-order chi connectivity index (χ0) is 15.3. The summed E-state index contributed by atoms with van der Waals surface area (Å²) >= 11 is 0. The van der Waals surface area contributed by atoms with Crippen molar-refractivity contribution >= 4 is 11.4 Å². The molecule has 0 spiro atoms. The first-order chi connectivity index (χ1) is 9.25. The molecule has 4 nitrogen and oxygen atoms in total. The van der Waals surface area contributed by atoms with Crippen LogP contribution < -0.4 is 15.8 Å². The maximum atomic E-state index is 13.6. The van der Waals surface area contributed by atoms with Gasteiger partial charge in [0, 0.05) is 25.2 Å². The second-order valence-corrected chi connectivity index (χ2v) is 6.06. The van der Waals surface area contributed by atoms with Crippen LogP contribution in [-0.2, 0) is 0 Å². The summed E-state index contributed by atoms with van der Waals surface area (Å²) in [4.78, 5) is 2.14. The number of halogens is 1. The highest BCUT2D eigenvalue weighted by Crippen LogP contribution is 2.29. The molecule has 0 saturated heterocycles. The van der Waals surface area contributed by atoms with E-state index in [1.807, 2.05) is 21.0 Å². The first-order valence-electron chi connectivity index (χ1n) is 6.85. The van der Waals surface area contributed by atoms with E-state index in [2.05, 4.69) is 24.1 Å². The molecule has 0 fully saturated rings. The number of hydrogen-bond acceptors (Lipinski definition) is 4. The van der Waals surface area contributed by atoms with Crippen LogP contribution in [0.25, 0.3) is 0 Å². The average Bonchev–Trinajstić information content (AvgIpc) is 2.29. The molecule has 0 aliphatic carbocycles. The first-order valence-corrected chi connectivity index (χ1v) is 6.85. The van der Waals surface area contributed by atoms with E-state index < -0.39 is 5.82 Å². The summed E-state index contributed by atoms with van der Waals surface area (Å²) in [7, 11) is 4.09. The molecule has 0 unspecified atom stereocenters. The van der Waals surface area contributed by atoms with E-state index in [1.165, 1.54) is 6.07 Å². The first kappa shape index (κ1) is 16.6. The van der Waals surface area contributed by atoms with Crippen LogP contribution in [0.2, 0.25) is 0 Å². The van der Waals surface area contributed by atoms with Crippen molar-refractivity contribution in [2.24, 2.45) is 5.41 Å². The molecule has 0 amide bonds. The number of hydrogen-bond donors (Lipinski definition) is 2. The number of nitrogens with two attached hydrogens (primary N) is 1. The maximum Gasteiger partial charge on any atom is 0.167 e. The van der Waals surface area contributed by atoms with Crippen LogP contribution in [0.15, 0.2) is 12.1 Å². The number of nitrogen functional groups attached to an aromatic ring is 1. The molecule has 1 aromatic rings. The van der Waals surface area contributed by atoms with Gasteiger partial charge in [0.1, 0.15) is 0 Å². The van der Waals surface area contributed by atoms with Gasteiger partial charge in [-0.3, -0.25) is 0 Å². The van der Waals surface area contributed by atoms with Crippen molar-refractivity contribution in [3.8, 4) is 5.75 Å². The molecule has 0 radical (unpaired) electrons. The van der Waals surface area contributed by atoms with Crippen LogP contribution >= 0.6 is 0 Å². The molecule has 20 heavy (non-hydrogen) atoms. The van der Waals surface area contributed by atoms with E-state index in [0.29, 0.717) is 18.0 Å². The molecular formula is C15H26FN3O. The monoisotopic (exact) mass is 283 g/mol. The van der Waals surface area contributed by atoms with Crippen molar-refractivity contribution in [1.82, 2.24) is 4.90 Å². The smallest absolute Gasteiger partial charge is 0.167 e. The molecule has 1 aromatic carbocycles. The van der Waals surface area contributed by atoms with Gasteiger partial charge in [-0.05, 0) is 26.4 Å². The number of rotatable bonds is 7. The minimum absolute atomic E-state index is 0.0795. The predicted molar refractivity (Wildman–Crippen MR) is 82.8 cm³/mol. The Kier molecular flexibility index (Phi) is 5.62. The predicted octanol–water partition coefficient (Wildman–Crippen LogP) is 2.81. The third-order valence-corrected chi connectivity index (χ3v) is 2.91. The molecule has 0 aromatic heterocycles. The molecule has 0 aliphatic rings. The fourth-order valence-electron chi connectivity index (χ4n) is 2.23. The summed E-state index contributed by atoms with van der Waals surface area (Å²) in [6.45, 7) is 8.27. The van der Waals surface area contributed by atoms with Gasteiger partial charge in [0.2, 0.25) is 0 Å². The van der Waals surface area contributed by atoms with E-state index >= 15 is 0 Å². The zero-order valence-corrected chi connectivity index (χ0v) is 13.1. The second-order valence-electron chi connectivity index (χ2n) is 6.06. The van der Waals surface area contributed by atoms with Crippen LogP contribution in [0.3, 0.4) is 0 Å². The minimum Gasteiger partial charge on any atom is -0.491 e. The van der Waals surface area contributed by atoms with E-state index in [0.717, 1.165) is 13.1 Å². The van der Waals surface area contributed by atoms with Gasteiger partial charge in [-0.1, -0.05) is 13.8 Å². The Balaban J connectivity index is 2.79. The molecule has 1 rings (SSSR count). The Hall–Kier alpha value is -1.49. The molecule has 0 aliphatic heterocycles. The van der Waals surface area contributed by atoms with Gasteiger partial charge in [0.05, 0.1) is 18.0 Å². The fourth-order valence-corrected chi connectivity index (χ4v) is 2.23. The number of benzene rings is 1. The van der Waals surface area contributed by atoms with Crippen LogP contribution in [-0.4, -0.2) is 38.7 Å². The van der Waals surface area contributed by atoms with Crippen molar-refractivity contribution in [1.29, 1.82) is 0 Å². The number of nitrogens with zero attached hydrogens (tertiary/aromatic N) is 1. The lowest BCUT2D eigenvalue weighted by Gasteiger charge is -2.29. The summed E-state index contributed by atoms with van der Waals surface area (Å²) in [6, 6.07) is 2.92. The lowest BCUT2D eigenvalue weighted by Crippen LogP contribution is -2.34. The molecule has 5 heteroatoms. The Morgan fingerprint density at radius 3 is 2.55 bits per heavy atom. The highest BCUT2D eigenvalue weighted by molar-refractivity contribution is 5.68. The zero-order valence-electron chi connectivity index (χ0n) is 13.1. The third kappa shape index (κ3) is 4.89. The quantitative estimate of drug-likeness (QED) is 0.756. The van der Waals surface area contributed by atoms with Crippen molar-refractivity contribution in [2.45, 2.75) is 20.8 Å². The van der Waals surface area contributed by atoms with Gasteiger partial charge < -0.3 is 20.7 Å². The molecule has 0 heterocycles. The molecule has 0 bridgehead atoms. The molecule has 114 valence electrons. The Bertz CT molecular complexity index is 447.